The molecule has 1 aliphatic heterocycles. The lowest BCUT2D eigenvalue weighted by Crippen LogP contribution is -2.47. The van der Waals surface area contributed by atoms with Crippen LogP contribution in [0.3, 0.4) is 0 Å². The van der Waals surface area contributed by atoms with Gasteiger partial charge in [0, 0.05) is 85.1 Å². The Morgan fingerprint density at radius 3 is 2.19 bits per heavy atom. The number of aromatic amines is 1. The fourth-order valence-corrected chi connectivity index (χ4v) is 4.95. The number of fused-ring (bicyclic) bond motifs is 1. The number of anilines is 1. The van der Waals surface area contributed by atoms with Gasteiger partial charge in [-0.3, -0.25) is 9.88 Å². The predicted molar refractivity (Wildman–Crippen MR) is 151 cm³/mol. The molecule has 4 heterocycles. The van der Waals surface area contributed by atoms with Gasteiger partial charge in [-0.1, -0.05) is 26.0 Å². The number of ether oxygens (including phenoxy) is 1. The molecule has 36 heavy (non-hydrogen) atoms. The maximum absolute atomic E-state index is 5.21. The Morgan fingerprint density at radius 2 is 1.56 bits per heavy atom. The van der Waals surface area contributed by atoms with Crippen molar-refractivity contribution < 1.29 is 4.74 Å². The summed E-state index contributed by atoms with van der Waals surface area (Å²) in [6.45, 7) is 16.2. The molecule has 0 saturated carbocycles. The molecule has 0 amide bonds. The summed E-state index contributed by atoms with van der Waals surface area (Å²) in [6, 6.07) is 15.3. The fraction of sp³-hybridized carbons (Fsp3) is 0.400. The van der Waals surface area contributed by atoms with Crippen molar-refractivity contribution in [2.24, 2.45) is 0 Å². The second kappa shape index (κ2) is 11.7. The van der Waals surface area contributed by atoms with Gasteiger partial charge in [-0.05, 0) is 62.2 Å². The molecule has 0 spiro atoms. The zero-order chi connectivity index (χ0) is 25.7. The van der Waals surface area contributed by atoms with Crippen LogP contribution < -0.4 is 4.90 Å². The molecule has 1 saturated heterocycles. The van der Waals surface area contributed by atoms with E-state index in [2.05, 4.69) is 69.2 Å². The van der Waals surface area contributed by atoms with Crippen molar-refractivity contribution in [3.8, 4) is 22.4 Å². The van der Waals surface area contributed by atoms with E-state index in [1.54, 1.807) is 7.11 Å². The molecule has 1 aliphatic rings. The quantitative estimate of drug-likeness (QED) is 0.362. The van der Waals surface area contributed by atoms with E-state index in [0.717, 1.165) is 67.6 Å². The van der Waals surface area contributed by atoms with E-state index >= 15 is 0 Å². The largest absolute Gasteiger partial charge is 0.383 e. The van der Waals surface area contributed by atoms with E-state index in [0.29, 0.717) is 0 Å². The summed E-state index contributed by atoms with van der Waals surface area (Å²) in [5.74, 6) is 1.05. The van der Waals surface area contributed by atoms with Gasteiger partial charge in [0.25, 0.3) is 0 Å². The van der Waals surface area contributed by atoms with Crippen LogP contribution in [0.5, 0.6) is 0 Å². The van der Waals surface area contributed by atoms with E-state index in [9.17, 15) is 0 Å². The summed E-state index contributed by atoms with van der Waals surface area (Å²) in [5.41, 5.74) is 9.15. The highest BCUT2D eigenvalue weighted by molar-refractivity contribution is 5.93. The zero-order valence-electron chi connectivity index (χ0n) is 22.6. The highest BCUT2D eigenvalue weighted by Gasteiger charge is 2.18. The molecule has 0 bridgehead atoms. The topological polar surface area (TPSA) is 57.3 Å². The summed E-state index contributed by atoms with van der Waals surface area (Å²) in [4.78, 5) is 17.8. The summed E-state index contributed by atoms with van der Waals surface area (Å²) in [6.07, 6.45) is 2.00. The monoisotopic (exact) mass is 485 g/mol. The number of methoxy groups -OCH3 is 1. The molecule has 6 nitrogen and oxygen atoms in total. The minimum absolute atomic E-state index is 0.793. The van der Waals surface area contributed by atoms with Gasteiger partial charge in [-0.15, -0.1) is 0 Å². The Balaban J connectivity index is 0.00000148. The van der Waals surface area contributed by atoms with Crippen LogP contribution in [-0.2, 0) is 4.74 Å². The number of aromatic nitrogens is 3. The third-order valence-corrected chi connectivity index (χ3v) is 6.82. The van der Waals surface area contributed by atoms with Gasteiger partial charge in [0.15, 0.2) is 0 Å². The molecule has 5 rings (SSSR count). The molecule has 1 aromatic carbocycles. The number of hydrogen-bond acceptors (Lipinski definition) is 5. The average molecular weight is 486 g/mol. The van der Waals surface area contributed by atoms with E-state index in [1.807, 2.05) is 33.9 Å². The molecule has 1 N–H and O–H groups in total. The summed E-state index contributed by atoms with van der Waals surface area (Å²) < 4.78 is 5.21. The number of piperazine rings is 1. The van der Waals surface area contributed by atoms with Crippen LogP contribution in [0.4, 0.5) is 5.82 Å². The first kappa shape index (κ1) is 25.9. The molecule has 190 valence electrons. The number of H-pyrrole nitrogens is 1. The van der Waals surface area contributed by atoms with Crippen LogP contribution in [0.25, 0.3) is 33.3 Å². The first-order chi connectivity index (χ1) is 17.5. The normalized spacial score (nSPS) is 14.1. The summed E-state index contributed by atoms with van der Waals surface area (Å²) >= 11 is 0. The Labute approximate surface area is 215 Å². The Bertz CT molecular complexity index is 1270. The molecular formula is C30H39N5O. The van der Waals surface area contributed by atoms with Crippen molar-refractivity contribution in [1.82, 2.24) is 19.9 Å². The van der Waals surface area contributed by atoms with Gasteiger partial charge in [-0.2, -0.15) is 0 Å². The predicted octanol–water partition coefficient (Wildman–Crippen LogP) is 6.01. The highest BCUT2D eigenvalue weighted by Crippen LogP contribution is 2.33. The van der Waals surface area contributed by atoms with Crippen molar-refractivity contribution in [2.45, 2.75) is 34.6 Å². The number of nitrogens with one attached hydrogen (secondary N) is 1. The van der Waals surface area contributed by atoms with Gasteiger partial charge < -0.3 is 14.6 Å². The van der Waals surface area contributed by atoms with Gasteiger partial charge in [0.2, 0.25) is 0 Å². The number of rotatable bonds is 6. The minimum Gasteiger partial charge on any atom is -0.383 e. The number of aryl methyl sites for hydroxylation is 3. The lowest BCUT2D eigenvalue weighted by molar-refractivity contribution is 0.144. The molecule has 6 heteroatoms. The smallest absolute Gasteiger partial charge is 0.128 e. The summed E-state index contributed by atoms with van der Waals surface area (Å²) in [7, 11) is 1.76. The van der Waals surface area contributed by atoms with Crippen molar-refractivity contribution >= 4 is 16.7 Å². The molecule has 0 radical (unpaired) electrons. The number of nitrogens with zero attached hydrogens (tertiary/aromatic N) is 4. The van der Waals surface area contributed by atoms with Crippen molar-refractivity contribution in [1.29, 1.82) is 0 Å². The maximum Gasteiger partial charge on any atom is 0.128 e. The zero-order valence-corrected chi connectivity index (χ0v) is 22.6. The number of hydrogen-bond donors (Lipinski definition) is 1. The lowest BCUT2D eigenvalue weighted by Gasteiger charge is -2.35. The minimum atomic E-state index is 0.793. The Kier molecular flexibility index (Phi) is 8.39. The number of benzene rings is 1. The van der Waals surface area contributed by atoms with Crippen LogP contribution in [-0.4, -0.2) is 66.3 Å². The highest BCUT2D eigenvalue weighted by atomic mass is 16.5. The molecule has 1 fully saturated rings. The first-order valence-corrected chi connectivity index (χ1v) is 13.0. The van der Waals surface area contributed by atoms with Gasteiger partial charge in [-0.25, -0.2) is 4.98 Å². The van der Waals surface area contributed by atoms with Crippen molar-refractivity contribution in [3.05, 3.63) is 65.6 Å². The van der Waals surface area contributed by atoms with E-state index in [1.165, 1.54) is 27.8 Å². The molecule has 0 aliphatic carbocycles. The van der Waals surface area contributed by atoms with Crippen molar-refractivity contribution in [2.75, 3.05) is 51.3 Å². The molecule has 4 aromatic rings. The Morgan fingerprint density at radius 1 is 0.861 bits per heavy atom. The van der Waals surface area contributed by atoms with Crippen LogP contribution in [0, 0.1) is 20.8 Å². The second-order valence-electron chi connectivity index (χ2n) is 9.25. The van der Waals surface area contributed by atoms with Gasteiger partial charge in [0.1, 0.15) is 5.82 Å². The van der Waals surface area contributed by atoms with Crippen LogP contribution in [0.2, 0.25) is 0 Å². The standard InChI is InChI=1S/C28H33N5O.C2H6/c1-19-15-24(16-20(2)30-19)28-21(3)25-7-5-22(17-26(25)31-28)23-6-8-27(29-18-23)33-11-9-32(10-12-33)13-14-34-4;1-2/h5-8,15-18,31H,9-14H2,1-4H3;1-2H3. The third kappa shape index (κ3) is 5.61. The maximum atomic E-state index is 5.21. The van der Waals surface area contributed by atoms with Crippen LogP contribution >= 0.6 is 0 Å². The molecule has 0 unspecified atom stereocenters. The fourth-order valence-electron chi connectivity index (χ4n) is 4.95. The van der Waals surface area contributed by atoms with Gasteiger partial charge in [0.05, 0.1) is 6.61 Å². The van der Waals surface area contributed by atoms with Crippen LogP contribution in [0.1, 0.15) is 30.8 Å². The average Bonchev–Trinajstić information content (AvgIpc) is 3.24. The number of pyridine rings is 2. The molecule has 3 aromatic heterocycles. The van der Waals surface area contributed by atoms with Crippen molar-refractivity contribution in [3.63, 3.8) is 0 Å². The van der Waals surface area contributed by atoms with E-state index < -0.39 is 0 Å². The van der Waals surface area contributed by atoms with Crippen LogP contribution in [0.15, 0.2) is 48.7 Å². The molecular weight excluding hydrogens is 446 g/mol. The lowest BCUT2D eigenvalue weighted by atomic mass is 10.0. The van der Waals surface area contributed by atoms with Gasteiger partial charge >= 0.3 is 0 Å². The van der Waals surface area contributed by atoms with E-state index in [4.69, 9.17) is 9.72 Å². The second-order valence-corrected chi connectivity index (χ2v) is 9.25. The van der Waals surface area contributed by atoms with E-state index in [-0.39, 0.29) is 0 Å². The summed E-state index contributed by atoms with van der Waals surface area (Å²) in [5, 5.41) is 1.25. The Hall–Kier alpha value is -3.22. The molecule has 0 atom stereocenters. The SMILES string of the molecule is CC.COCCN1CCN(c2ccc(-c3ccc4c(C)c(-c5cc(C)nc(C)c5)[nH]c4c3)cn2)CC1. The third-order valence-electron chi connectivity index (χ3n) is 6.82. The first-order valence-electron chi connectivity index (χ1n) is 13.0.